The van der Waals surface area contributed by atoms with Crippen LogP contribution in [0.2, 0.25) is 0 Å². The van der Waals surface area contributed by atoms with Crippen LogP contribution in [0.3, 0.4) is 0 Å². The van der Waals surface area contributed by atoms with Crippen molar-refractivity contribution < 1.29 is 9.53 Å². The van der Waals surface area contributed by atoms with Crippen molar-refractivity contribution in [1.29, 1.82) is 0 Å². The third kappa shape index (κ3) is 3.99. The monoisotopic (exact) mass is 421 g/mol. The minimum atomic E-state index is 0.196. The molecule has 2 aliphatic rings. The van der Waals surface area contributed by atoms with Gasteiger partial charge in [0, 0.05) is 37.8 Å². The molecule has 162 valence electrons. The molecule has 2 aromatic heterocycles. The molecule has 1 N–H and O–H groups in total. The van der Waals surface area contributed by atoms with E-state index in [4.69, 9.17) is 4.74 Å². The van der Waals surface area contributed by atoms with E-state index < -0.39 is 0 Å². The zero-order valence-electron chi connectivity index (χ0n) is 17.7. The second kappa shape index (κ2) is 8.41. The largest absolute Gasteiger partial charge is 0.497 e. The Labute approximate surface area is 181 Å². The van der Waals surface area contributed by atoms with Crippen LogP contribution in [-0.4, -0.2) is 75.0 Å². The van der Waals surface area contributed by atoms with Crippen LogP contribution in [0.25, 0.3) is 16.9 Å². The minimum Gasteiger partial charge on any atom is -0.497 e. The van der Waals surface area contributed by atoms with Gasteiger partial charge in [0.25, 0.3) is 0 Å². The molecule has 0 saturated carbocycles. The molecular weight excluding hydrogens is 394 g/mol. The normalized spacial score (nSPS) is 17.3. The van der Waals surface area contributed by atoms with Gasteiger partial charge in [-0.3, -0.25) is 0 Å². The van der Waals surface area contributed by atoms with Crippen molar-refractivity contribution in [3.63, 3.8) is 0 Å². The lowest BCUT2D eigenvalue weighted by atomic mass is 10.0. The number of likely N-dealkylation sites (tertiary alicyclic amines) is 2. The van der Waals surface area contributed by atoms with E-state index in [9.17, 15) is 4.79 Å². The molecule has 0 aliphatic carbocycles. The van der Waals surface area contributed by atoms with Crippen molar-refractivity contribution in [2.24, 2.45) is 0 Å². The lowest BCUT2D eigenvalue weighted by Gasteiger charge is -2.35. The number of hydrogen-bond donors (Lipinski definition) is 1. The number of urea groups is 1. The molecule has 4 heterocycles. The third-order valence-electron chi connectivity index (χ3n) is 6.16. The summed E-state index contributed by atoms with van der Waals surface area (Å²) in [5, 5.41) is 16.5. The molecule has 0 bridgehead atoms. The summed E-state index contributed by atoms with van der Waals surface area (Å²) in [6, 6.07) is 10.3. The number of piperidine rings is 1. The van der Waals surface area contributed by atoms with Crippen LogP contribution in [0.1, 0.15) is 25.7 Å². The highest BCUT2D eigenvalue weighted by atomic mass is 16.5. The van der Waals surface area contributed by atoms with Gasteiger partial charge >= 0.3 is 6.03 Å². The molecule has 9 nitrogen and oxygen atoms in total. The first-order valence-electron chi connectivity index (χ1n) is 10.9. The Balaban J connectivity index is 1.31. The number of anilines is 1. The number of carbonyl (C=O) groups excluding carboxylic acids is 1. The number of rotatable bonds is 4. The van der Waals surface area contributed by atoms with E-state index in [0.717, 1.165) is 74.6 Å². The topological polar surface area (TPSA) is 87.9 Å². The van der Waals surface area contributed by atoms with E-state index in [1.165, 1.54) is 0 Å². The number of hydrogen-bond acceptors (Lipinski definition) is 6. The highest BCUT2D eigenvalue weighted by Crippen LogP contribution is 2.27. The highest BCUT2D eigenvalue weighted by Gasteiger charge is 2.28. The maximum absolute atomic E-state index is 12.6. The van der Waals surface area contributed by atoms with E-state index in [1.807, 2.05) is 40.1 Å². The van der Waals surface area contributed by atoms with Crippen LogP contribution in [0, 0.1) is 0 Å². The number of carbonyl (C=O) groups is 1. The Hall–Kier alpha value is -3.36. The quantitative estimate of drug-likeness (QED) is 0.697. The third-order valence-corrected chi connectivity index (χ3v) is 6.16. The van der Waals surface area contributed by atoms with Gasteiger partial charge in [0.1, 0.15) is 12.1 Å². The predicted octanol–water partition coefficient (Wildman–Crippen LogP) is 2.89. The molecule has 2 fully saturated rings. The van der Waals surface area contributed by atoms with Crippen LogP contribution >= 0.6 is 0 Å². The first kappa shape index (κ1) is 19.6. The van der Waals surface area contributed by atoms with Crippen LogP contribution in [0.15, 0.2) is 36.7 Å². The van der Waals surface area contributed by atoms with Crippen molar-refractivity contribution >= 4 is 17.4 Å². The van der Waals surface area contributed by atoms with E-state index >= 15 is 0 Å². The van der Waals surface area contributed by atoms with Crippen molar-refractivity contribution in [2.75, 3.05) is 38.6 Å². The summed E-state index contributed by atoms with van der Waals surface area (Å²) in [7, 11) is 1.66. The molecule has 0 spiro atoms. The maximum atomic E-state index is 12.6. The minimum absolute atomic E-state index is 0.196. The molecule has 0 radical (unpaired) electrons. The number of benzene rings is 1. The molecule has 5 rings (SSSR count). The standard InChI is InChI=1S/C22H27N7O2/c1-31-18-6-4-16(5-7-18)19-14-20(21-25-23-15-29(21)26-19)24-17-8-12-28(13-9-17)22(30)27-10-2-3-11-27/h4-7,14-15,17,24H,2-3,8-13H2,1H3. The lowest BCUT2D eigenvalue weighted by molar-refractivity contribution is 0.150. The zero-order chi connectivity index (χ0) is 21.2. The fraction of sp³-hybridized carbons (Fsp3) is 0.455. The Morgan fingerprint density at radius 3 is 2.48 bits per heavy atom. The Bertz CT molecular complexity index is 1050. The average Bonchev–Trinajstić information content (AvgIpc) is 3.51. The number of methoxy groups -OCH3 is 1. The van der Waals surface area contributed by atoms with Crippen LogP contribution in [0.4, 0.5) is 10.5 Å². The average molecular weight is 422 g/mol. The Kier molecular flexibility index (Phi) is 5.31. The Morgan fingerprint density at radius 2 is 1.77 bits per heavy atom. The summed E-state index contributed by atoms with van der Waals surface area (Å²) in [4.78, 5) is 16.6. The lowest BCUT2D eigenvalue weighted by Crippen LogP contribution is -2.47. The van der Waals surface area contributed by atoms with Gasteiger partial charge in [-0.1, -0.05) is 0 Å². The maximum Gasteiger partial charge on any atom is 0.319 e. The van der Waals surface area contributed by atoms with E-state index in [0.29, 0.717) is 5.65 Å². The predicted molar refractivity (Wildman–Crippen MR) is 117 cm³/mol. The molecule has 9 heteroatoms. The van der Waals surface area contributed by atoms with Crippen LogP contribution in [-0.2, 0) is 0 Å². The van der Waals surface area contributed by atoms with Crippen molar-refractivity contribution in [3.8, 4) is 17.0 Å². The summed E-state index contributed by atoms with van der Waals surface area (Å²) < 4.78 is 6.96. The van der Waals surface area contributed by atoms with Crippen molar-refractivity contribution in [3.05, 3.63) is 36.7 Å². The van der Waals surface area contributed by atoms with E-state index in [-0.39, 0.29) is 12.1 Å². The second-order valence-corrected chi connectivity index (χ2v) is 8.15. The number of amides is 2. The van der Waals surface area contributed by atoms with Gasteiger partial charge in [-0.05, 0) is 56.0 Å². The van der Waals surface area contributed by atoms with Crippen molar-refractivity contribution in [2.45, 2.75) is 31.7 Å². The number of nitrogens with one attached hydrogen (secondary N) is 1. The van der Waals surface area contributed by atoms with Gasteiger partial charge in [0.05, 0.1) is 18.5 Å². The summed E-state index contributed by atoms with van der Waals surface area (Å²) in [5.41, 5.74) is 3.43. The Morgan fingerprint density at radius 1 is 1.06 bits per heavy atom. The fourth-order valence-corrected chi connectivity index (χ4v) is 4.38. The van der Waals surface area contributed by atoms with Gasteiger partial charge in [-0.15, -0.1) is 10.2 Å². The molecule has 0 unspecified atom stereocenters. The molecule has 31 heavy (non-hydrogen) atoms. The number of nitrogens with zero attached hydrogens (tertiary/aromatic N) is 6. The molecule has 2 amide bonds. The molecule has 0 atom stereocenters. The molecule has 2 aliphatic heterocycles. The number of fused-ring (bicyclic) bond motifs is 1. The smallest absolute Gasteiger partial charge is 0.319 e. The van der Waals surface area contributed by atoms with E-state index in [2.05, 4.69) is 20.6 Å². The van der Waals surface area contributed by atoms with Gasteiger partial charge in [0.15, 0.2) is 0 Å². The van der Waals surface area contributed by atoms with E-state index in [1.54, 1.807) is 18.0 Å². The van der Waals surface area contributed by atoms with Crippen LogP contribution < -0.4 is 10.1 Å². The fourth-order valence-electron chi connectivity index (χ4n) is 4.38. The zero-order valence-corrected chi connectivity index (χ0v) is 17.7. The summed E-state index contributed by atoms with van der Waals surface area (Å²) in [5.74, 6) is 0.808. The second-order valence-electron chi connectivity index (χ2n) is 8.15. The van der Waals surface area contributed by atoms with Gasteiger partial charge in [-0.2, -0.15) is 9.61 Å². The first-order valence-corrected chi connectivity index (χ1v) is 10.9. The van der Waals surface area contributed by atoms with Crippen molar-refractivity contribution in [1.82, 2.24) is 29.6 Å². The summed E-state index contributed by atoms with van der Waals surface area (Å²) >= 11 is 0. The molecule has 3 aromatic rings. The highest BCUT2D eigenvalue weighted by molar-refractivity contribution is 5.75. The SMILES string of the molecule is COc1ccc(-c2cc(NC3CCN(C(=O)N4CCCC4)CC3)c3nncn3n2)cc1. The molecular formula is C22H27N7O2. The summed E-state index contributed by atoms with van der Waals surface area (Å²) in [6.07, 6.45) is 5.67. The van der Waals surface area contributed by atoms with Crippen LogP contribution in [0.5, 0.6) is 5.75 Å². The first-order chi connectivity index (χ1) is 15.2. The van der Waals surface area contributed by atoms with Gasteiger partial charge in [-0.25, -0.2) is 4.79 Å². The van der Waals surface area contributed by atoms with Gasteiger partial charge in [0.2, 0.25) is 5.65 Å². The number of aromatic nitrogens is 4. The molecule has 2 saturated heterocycles. The summed E-state index contributed by atoms with van der Waals surface area (Å²) in [6.45, 7) is 3.33. The number of ether oxygens (including phenoxy) is 1. The van der Waals surface area contributed by atoms with Gasteiger partial charge < -0.3 is 19.9 Å². The molecule has 1 aromatic carbocycles.